The van der Waals surface area contributed by atoms with E-state index in [0.29, 0.717) is 31.9 Å². The number of imide groups is 1. The SMILES string of the molecule is CC(=O)N1CCN(C(=O)CN2C(=O)CN(c3ccccc3)C2=O)CC1. The molecule has 132 valence electrons. The van der Waals surface area contributed by atoms with Crippen molar-refractivity contribution in [3.05, 3.63) is 30.3 Å². The first-order valence-corrected chi connectivity index (χ1v) is 8.17. The first-order valence-electron chi connectivity index (χ1n) is 8.17. The fourth-order valence-electron chi connectivity index (χ4n) is 3.01. The quantitative estimate of drug-likeness (QED) is 0.731. The lowest BCUT2D eigenvalue weighted by Gasteiger charge is -2.34. The van der Waals surface area contributed by atoms with E-state index in [9.17, 15) is 19.2 Å². The molecular weight excluding hydrogens is 324 g/mol. The molecule has 0 spiro atoms. The predicted octanol–water partition coefficient (Wildman–Crippen LogP) is 0.146. The highest BCUT2D eigenvalue weighted by atomic mass is 16.2. The molecule has 2 saturated heterocycles. The van der Waals surface area contributed by atoms with Crippen LogP contribution in [0.15, 0.2) is 30.3 Å². The Morgan fingerprint density at radius 2 is 1.56 bits per heavy atom. The highest BCUT2D eigenvalue weighted by Crippen LogP contribution is 2.20. The van der Waals surface area contributed by atoms with Crippen molar-refractivity contribution >= 4 is 29.4 Å². The molecule has 0 N–H and O–H groups in total. The zero-order valence-electron chi connectivity index (χ0n) is 14.1. The van der Waals surface area contributed by atoms with Crippen LogP contribution in [0.4, 0.5) is 10.5 Å². The number of carbonyl (C=O) groups is 4. The summed E-state index contributed by atoms with van der Waals surface area (Å²) in [4.78, 5) is 54.0. The van der Waals surface area contributed by atoms with Gasteiger partial charge in [-0.2, -0.15) is 0 Å². The normalized spacial score (nSPS) is 18.1. The third-order valence-corrected chi connectivity index (χ3v) is 4.50. The Kier molecular flexibility index (Phi) is 4.69. The maximum absolute atomic E-state index is 12.5. The molecule has 8 heteroatoms. The van der Waals surface area contributed by atoms with E-state index >= 15 is 0 Å². The maximum Gasteiger partial charge on any atom is 0.332 e. The maximum atomic E-state index is 12.5. The van der Waals surface area contributed by atoms with Crippen LogP contribution in [-0.4, -0.2) is 77.7 Å². The van der Waals surface area contributed by atoms with Gasteiger partial charge in [-0.3, -0.25) is 24.2 Å². The Labute approximate surface area is 145 Å². The van der Waals surface area contributed by atoms with Crippen molar-refractivity contribution in [3.8, 4) is 0 Å². The van der Waals surface area contributed by atoms with E-state index in [4.69, 9.17) is 0 Å². The van der Waals surface area contributed by atoms with Crippen molar-refractivity contribution in [2.45, 2.75) is 6.92 Å². The van der Waals surface area contributed by atoms with Crippen molar-refractivity contribution in [2.24, 2.45) is 0 Å². The summed E-state index contributed by atoms with van der Waals surface area (Å²) < 4.78 is 0. The second-order valence-electron chi connectivity index (χ2n) is 6.07. The lowest BCUT2D eigenvalue weighted by molar-refractivity contribution is -0.140. The van der Waals surface area contributed by atoms with E-state index in [-0.39, 0.29) is 30.8 Å². The van der Waals surface area contributed by atoms with Gasteiger partial charge in [-0.25, -0.2) is 4.79 Å². The average molecular weight is 344 g/mol. The van der Waals surface area contributed by atoms with Gasteiger partial charge in [0.25, 0.3) is 5.91 Å². The first-order chi connectivity index (χ1) is 12.0. The first kappa shape index (κ1) is 16.9. The number of para-hydroxylation sites is 1. The van der Waals surface area contributed by atoms with E-state index in [2.05, 4.69) is 0 Å². The number of urea groups is 1. The van der Waals surface area contributed by atoms with Gasteiger partial charge in [0.1, 0.15) is 13.1 Å². The Bertz CT molecular complexity index is 698. The smallest absolute Gasteiger partial charge is 0.332 e. The number of piperazine rings is 1. The predicted molar refractivity (Wildman–Crippen MR) is 89.7 cm³/mol. The molecule has 0 radical (unpaired) electrons. The highest BCUT2D eigenvalue weighted by molar-refractivity contribution is 6.13. The van der Waals surface area contributed by atoms with Gasteiger partial charge in [-0.05, 0) is 12.1 Å². The molecule has 2 heterocycles. The minimum Gasteiger partial charge on any atom is -0.339 e. The highest BCUT2D eigenvalue weighted by Gasteiger charge is 2.38. The monoisotopic (exact) mass is 344 g/mol. The number of hydrogen-bond donors (Lipinski definition) is 0. The van der Waals surface area contributed by atoms with Crippen LogP contribution < -0.4 is 4.90 Å². The largest absolute Gasteiger partial charge is 0.339 e. The molecule has 0 aromatic heterocycles. The van der Waals surface area contributed by atoms with Gasteiger partial charge in [0, 0.05) is 38.8 Å². The topological polar surface area (TPSA) is 81.2 Å². The molecule has 0 bridgehead atoms. The van der Waals surface area contributed by atoms with Crippen LogP contribution in [-0.2, 0) is 14.4 Å². The lowest BCUT2D eigenvalue weighted by Crippen LogP contribution is -2.52. The van der Waals surface area contributed by atoms with Gasteiger partial charge in [0.2, 0.25) is 11.8 Å². The number of nitrogens with zero attached hydrogens (tertiary/aromatic N) is 4. The summed E-state index contributed by atoms with van der Waals surface area (Å²) in [6.45, 7) is 2.94. The molecule has 1 aromatic carbocycles. The van der Waals surface area contributed by atoms with Crippen LogP contribution in [0.2, 0.25) is 0 Å². The van der Waals surface area contributed by atoms with Crippen molar-refractivity contribution in [1.29, 1.82) is 0 Å². The Hall–Kier alpha value is -2.90. The summed E-state index contributed by atoms with van der Waals surface area (Å²) in [7, 11) is 0. The van der Waals surface area contributed by atoms with Gasteiger partial charge in [-0.1, -0.05) is 18.2 Å². The molecule has 2 fully saturated rings. The molecule has 1 aromatic rings. The molecule has 0 aliphatic carbocycles. The minimum atomic E-state index is -0.480. The standard InChI is InChI=1S/C17H20N4O4/c1-13(22)18-7-9-19(10-8-18)15(23)11-21-16(24)12-20(17(21)25)14-5-3-2-4-6-14/h2-6H,7-12H2,1H3. The number of carbonyl (C=O) groups excluding carboxylic acids is 4. The third kappa shape index (κ3) is 3.47. The summed E-state index contributed by atoms with van der Waals surface area (Å²) in [5.41, 5.74) is 0.630. The molecule has 0 saturated carbocycles. The molecule has 0 unspecified atom stereocenters. The van der Waals surface area contributed by atoms with Gasteiger partial charge < -0.3 is 9.80 Å². The summed E-state index contributed by atoms with van der Waals surface area (Å²) in [5, 5.41) is 0. The van der Waals surface area contributed by atoms with E-state index in [1.807, 2.05) is 6.07 Å². The molecule has 5 amide bonds. The second-order valence-corrected chi connectivity index (χ2v) is 6.07. The number of rotatable bonds is 3. The Morgan fingerprint density at radius 1 is 0.960 bits per heavy atom. The van der Waals surface area contributed by atoms with Gasteiger partial charge in [0.15, 0.2) is 0 Å². The summed E-state index contributed by atoms with van der Waals surface area (Å²) in [6.07, 6.45) is 0. The van der Waals surface area contributed by atoms with Gasteiger partial charge in [-0.15, -0.1) is 0 Å². The number of benzene rings is 1. The molecule has 8 nitrogen and oxygen atoms in total. The van der Waals surface area contributed by atoms with Crippen molar-refractivity contribution in [1.82, 2.24) is 14.7 Å². The zero-order valence-corrected chi connectivity index (χ0v) is 14.1. The van der Waals surface area contributed by atoms with E-state index < -0.39 is 6.03 Å². The Morgan fingerprint density at radius 3 is 2.16 bits per heavy atom. The fourth-order valence-corrected chi connectivity index (χ4v) is 3.01. The van der Waals surface area contributed by atoms with E-state index in [1.165, 1.54) is 11.8 Å². The van der Waals surface area contributed by atoms with Crippen molar-refractivity contribution in [3.63, 3.8) is 0 Å². The van der Waals surface area contributed by atoms with Gasteiger partial charge in [0.05, 0.1) is 0 Å². The van der Waals surface area contributed by atoms with Crippen LogP contribution in [0.5, 0.6) is 0 Å². The third-order valence-electron chi connectivity index (χ3n) is 4.50. The average Bonchev–Trinajstić information content (AvgIpc) is 2.90. The summed E-state index contributed by atoms with van der Waals surface area (Å²) >= 11 is 0. The number of hydrogen-bond acceptors (Lipinski definition) is 4. The van der Waals surface area contributed by atoms with E-state index in [1.54, 1.807) is 34.1 Å². The molecule has 3 rings (SSSR count). The lowest BCUT2D eigenvalue weighted by atomic mass is 10.3. The summed E-state index contributed by atoms with van der Waals surface area (Å²) in [5.74, 6) is -0.681. The second kappa shape index (κ2) is 6.92. The van der Waals surface area contributed by atoms with Crippen LogP contribution in [0, 0.1) is 0 Å². The van der Waals surface area contributed by atoms with Crippen molar-refractivity contribution in [2.75, 3.05) is 44.2 Å². The molecule has 2 aliphatic rings. The Balaban J connectivity index is 1.61. The molecule has 25 heavy (non-hydrogen) atoms. The van der Waals surface area contributed by atoms with Gasteiger partial charge >= 0.3 is 6.03 Å². The van der Waals surface area contributed by atoms with Crippen LogP contribution in [0.25, 0.3) is 0 Å². The van der Waals surface area contributed by atoms with Crippen LogP contribution in [0.3, 0.4) is 0 Å². The molecule has 2 aliphatic heterocycles. The minimum absolute atomic E-state index is 0.0181. The molecular formula is C17H20N4O4. The van der Waals surface area contributed by atoms with Crippen LogP contribution >= 0.6 is 0 Å². The molecule has 0 atom stereocenters. The number of amides is 5. The summed E-state index contributed by atoms with van der Waals surface area (Å²) in [6, 6.07) is 8.42. The number of anilines is 1. The van der Waals surface area contributed by atoms with E-state index in [0.717, 1.165) is 4.90 Å². The van der Waals surface area contributed by atoms with Crippen LogP contribution in [0.1, 0.15) is 6.92 Å². The fraction of sp³-hybridized carbons (Fsp3) is 0.412. The van der Waals surface area contributed by atoms with Crippen molar-refractivity contribution < 1.29 is 19.2 Å². The zero-order chi connectivity index (χ0) is 18.0.